The van der Waals surface area contributed by atoms with Gasteiger partial charge in [-0.15, -0.1) is 0 Å². The van der Waals surface area contributed by atoms with E-state index >= 15 is 0 Å². The van der Waals surface area contributed by atoms with Crippen LogP contribution in [0.4, 0.5) is 0 Å². The Morgan fingerprint density at radius 1 is 1.19 bits per heavy atom. The lowest BCUT2D eigenvalue weighted by molar-refractivity contribution is -0.170. The van der Waals surface area contributed by atoms with E-state index in [0.29, 0.717) is 23.7 Å². The van der Waals surface area contributed by atoms with Crippen molar-refractivity contribution in [2.24, 2.45) is 5.92 Å². The van der Waals surface area contributed by atoms with Gasteiger partial charge >= 0.3 is 0 Å². The third-order valence-corrected chi connectivity index (χ3v) is 6.66. The topological polar surface area (TPSA) is 65.1 Å². The van der Waals surface area contributed by atoms with Crippen LogP contribution in [0.1, 0.15) is 30.4 Å². The van der Waals surface area contributed by atoms with Gasteiger partial charge in [0.25, 0.3) is 0 Å². The molecule has 2 heterocycles. The van der Waals surface area contributed by atoms with Crippen LogP contribution in [0.3, 0.4) is 0 Å². The van der Waals surface area contributed by atoms with Crippen molar-refractivity contribution in [1.82, 2.24) is 4.90 Å². The van der Waals surface area contributed by atoms with Crippen LogP contribution in [0.25, 0.3) is 6.08 Å². The molecule has 2 aliphatic heterocycles. The van der Waals surface area contributed by atoms with Crippen molar-refractivity contribution in [3.05, 3.63) is 58.1 Å². The fourth-order valence-corrected chi connectivity index (χ4v) is 4.75. The molecule has 1 saturated heterocycles. The second-order valence-electron chi connectivity index (χ2n) is 7.99. The zero-order valence-electron chi connectivity index (χ0n) is 17.8. The number of ketones is 1. The fraction of sp³-hybridized carbons (Fsp3) is 0.333. The molecule has 6 nitrogen and oxygen atoms in total. The van der Waals surface area contributed by atoms with E-state index in [1.165, 1.54) is 6.08 Å². The number of carbonyl (C=O) groups excluding carboxylic acids is 2. The lowest BCUT2D eigenvalue weighted by Crippen LogP contribution is -2.62. The van der Waals surface area contributed by atoms with Crippen LogP contribution in [-0.4, -0.2) is 43.6 Å². The van der Waals surface area contributed by atoms with E-state index in [4.69, 9.17) is 14.2 Å². The maximum Gasteiger partial charge on any atom is 0.236 e. The monoisotopic (exact) mass is 485 g/mol. The number of likely N-dealkylation sites (tertiary alicyclic amines) is 1. The van der Waals surface area contributed by atoms with Gasteiger partial charge in [-0.05, 0) is 54.5 Å². The first kappa shape index (κ1) is 21.4. The molecule has 2 aromatic rings. The van der Waals surface area contributed by atoms with E-state index in [0.717, 1.165) is 15.6 Å². The Morgan fingerprint density at radius 3 is 2.65 bits per heavy atom. The molecule has 0 aliphatic carbocycles. The van der Waals surface area contributed by atoms with Gasteiger partial charge in [0, 0.05) is 23.9 Å². The number of ether oxygens (including phenoxy) is 3. The second kappa shape index (κ2) is 8.04. The Balaban J connectivity index is 1.67. The van der Waals surface area contributed by atoms with E-state index in [1.54, 1.807) is 44.4 Å². The molecule has 0 aromatic heterocycles. The Hall–Kier alpha value is -2.80. The number of benzene rings is 2. The maximum atomic E-state index is 13.3. The van der Waals surface area contributed by atoms with Crippen LogP contribution in [0, 0.1) is 5.92 Å². The van der Waals surface area contributed by atoms with Gasteiger partial charge in [-0.3, -0.25) is 9.59 Å². The van der Waals surface area contributed by atoms with Crippen LogP contribution in [0.5, 0.6) is 17.2 Å². The van der Waals surface area contributed by atoms with Crippen molar-refractivity contribution in [3.8, 4) is 17.2 Å². The molecule has 2 bridgehead atoms. The Kier molecular flexibility index (Phi) is 5.56. The first-order chi connectivity index (χ1) is 14.8. The number of hydrogen-bond acceptors (Lipinski definition) is 5. The summed E-state index contributed by atoms with van der Waals surface area (Å²) in [6.45, 7) is 1.89. The first-order valence-corrected chi connectivity index (χ1v) is 10.8. The smallest absolute Gasteiger partial charge is 0.236 e. The van der Waals surface area contributed by atoms with Gasteiger partial charge in [-0.1, -0.05) is 28.1 Å². The number of allylic oxidation sites excluding steroid dienone is 1. The zero-order valence-corrected chi connectivity index (χ0v) is 19.4. The Labute approximate surface area is 189 Å². The highest BCUT2D eigenvalue weighted by molar-refractivity contribution is 9.10. The standard InChI is InChI=1S/C24H24BrNO5/c1-24-13-17(16-12-15(25)7-10-19(16)31-24)22(23(28)26(24)2)18(27)8-5-14-6-9-20(29-3)21(11-14)30-4/h5-12,17,22H,13H2,1-4H3/b8-5+. The maximum absolute atomic E-state index is 13.3. The van der Waals surface area contributed by atoms with E-state index < -0.39 is 11.6 Å². The molecule has 3 unspecified atom stereocenters. The molecule has 0 spiro atoms. The third-order valence-electron chi connectivity index (χ3n) is 6.16. The first-order valence-electron chi connectivity index (χ1n) is 9.97. The molecular weight excluding hydrogens is 462 g/mol. The SMILES string of the molecule is COc1ccc(/C=C/C(=O)C2C(=O)N(C)C3(C)CC2c2cc(Br)ccc2O3)cc1OC. The summed E-state index contributed by atoms with van der Waals surface area (Å²) in [4.78, 5) is 28.0. The van der Waals surface area contributed by atoms with Crippen molar-refractivity contribution in [3.63, 3.8) is 0 Å². The second-order valence-corrected chi connectivity index (χ2v) is 8.91. The largest absolute Gasteiger partial charge is 0.493 e. The third kappa shape index (κ3) is 3.71. The van der Waals surface area contributed by atoms with E-state index in [-0.39, 0.29) is 17.6 Å². The number of halogens is 1. The number of methoxy groups -OCH3 is 2. The summed E-state index contributed by atoms with van der Waals surface area (Å²) >= 11 is 3.49. The van der Waals surface area contributed by atoms with Gasteiger partial charge in [0.1, 0.15) is 11.7 Å². The average molecular weight is 486 g/mol. The van der Waals surface area contributed by atoms with E-state index in [9.17, 15) is 9.59 Å². The fourth-order valence-electron chi connectivity index (χ4n) is 4.37. The number of amides is 1. The predicted octanol–water partition coefficient (Wildman–Crippen LogP) is 4.42. The molecule has 3 atom stereocenters. The van der Waals surface area contributed by atoms with Crippen LogP contribution in [-0.2, 0) is 9.59 Å². The minimum Gasteiger partial charge on any atom is -0.493 e. The van der Waals surface area contributed by atoms with Gasteiger partial charge in [0.15, 0.2) is 23.0 Å². The van der Waals surface area contributed by atoms with Crippen molar-refractivity contribution < 1.29 is 23.8 Å². The highest BCUT2D eigenvalue weighted by atomic mass is 79.9. The van der Waals surface area contributed by atoms with Crippen molar-refractivity contribution >= 4 is 33.7 Å². The zero-order chi connectivity index (χ0) is 22.3. The molecule has 162 valence electrons. The number of rotatable bonds is 5. The highest BCUT2D eigenvalue weighted by Crippen LogP contribution is 2.50. The number of nitrogens with zero attached hydrogens (tertiary/aromatic N) is 1. The molecule has 7 heteroatoms. The van der Waals surface area contributed by atoms with Crippen LogP contribution in [0.15, 0.2) is 46.9 Å². The summed E-state index contributed by atoms with van der Waals surface area (Å²) in [5.41, 5.74) is 0.889. The predicted molar refractivity (Wildman–Crippen MR) is 120 cm³/mol. The van der Waals surface area contributed by atoms with Gasteiger partial charge < -0.3 is 19.1 Å². The molecular formula is C24H24BrNO5. The van der Waals surface area contributed by atoms with Crippen molar-refractivity contribution in [2.45, 2.75) is 25.0 Å². The van der Waals surface area contributed by atoms with Gasteiger partial charge in [-0.2, -0.15) is 0 Å². The van der Waals surface area contributed by atoms with E-state index in [2.05, 4.69) is 15.9 Å². The summed E-state index contributed by atoms with van der Waals surface area (Å²) < 4.78 is 17.6. The molecule has 2 aromatic carbocycles. The molecule has 0 radical (unpaired) electrons. The molecule has 31 heavy (non-hydrogen) atoms. The summed E-state index contributed by atoms with van der Waals surface area (Å²) in [5.74, 6) is 0.382. The van der Waals surface area contributed by atoms with Crippen molar-refractivity contribution in [1.29, 1.82) is 0 Å². The lowest BCUT2D eigenvalue weighted by Gasteiger charge is -2.51. The number of carbonyl (C=O) groups is 2. The average Bonchev–Trinajstić information content (AvgIpc) is 2.76. The highest BCUT2D eigenvalue weighted by Gasteiger charge is 2.54. The van der Waals surface area contributed by atoms with Crippen LogP contribution < -0.4 is 14.2 Å². The lowest BCUT2D eigenvalue weighted by atomic mass is 9.72. The van der Waals surface area contributed by atoms with Crippen molar-refractivity contribution in [2.75, 3.05) is 21.3 Å². The van der Waals surface area contributed by atoms with E-state index in [1.807, 2.05) is 31.2 Å². The summed E-state index contributed by atoms with van der Waals surface area (Å²) in [7, 11) is 4.82. The van der Waals surface area contributed by atoms with Gasteiger partial charge in [-0.25, -0.2) is 0 Å². The van der Waals surface area contributed by atoms with Crippen LogP contribution in [0.2, 0.25) is 0 Å². The molecule has 1 fully saturated rings. The quantitative estimate of drug-likeness (QED) is 0.463. The molecule has 1 amide bonds. The summed E-state index contributed by atoms with van der Waals surface area (Å²) in [6, 6.07) is 11.1. The molecule has 0 saturated carbocycles. The summed E-state index contributed by atoms with van der Waals surface area (Å²) in [6.07, 6.45) is 3.74. The minimum atomic E-state index is -0.800. The van der Waals surface area contributed by atoms with Gasteiger partial charge in [0.2, 0.25) is 5.91 Å². The van der Waals surface area contributed by atoms with Gasteiger partial charge in [0.05, 0.1) is 14.2 Å². The normalized spacial score (nSPS) is 24.5. The number of hydrogen-bond donors (Lipinski definition) is 0. The molecule has 2 aliphatic rings. The Bertz CT molecular complexity index is 1080. The molecule has 4 rings (SSSR count). The number of piperidine rings is 1. The summed E-state index contributed by atoms with van der Waals surface area (Å²) in [5, 5.41) is 0. The Morgan fingerprint density at radius 2 is 1.94 bits per heavy atom. The molecule has 0 N–H and O–H groups in total. The number of fused-ring (bicyclic) bond motifs is 4. The van der Waals surface area contributed by atoms with Crippen LogP contribution >= 0.6 is 15.9 Å². The minimum absolute atomic E-state index is 0.230.